The molecule has 2 aromatic carbocycles. The van der Waals surface area contributed by atoms with Crippen LogP contribution in [0, 0.1) is 5.82 Å². The van der Waals surface area contributed by atoms with Crippen molar-refractivity contribution in [2.24, 2.45) is 0 Å². The topological polar surface area (TPSA) is 49.4 Å². The fourth-order valence-corrected chi connectivity index (χ4v) is 2.56. The molecule has 2 rings (SSSR count). The van der Waals surface area contributed by atoms with Crippen LogP contribution in [0.4, 0.5) is 10.1 Å². The van der Waals surface area contributed by atoms with E-state index in [1.165, 1.54) is 13.0 Å². The molecule has 0 aromatic heterocycles. The molecule has 0 atom stereocenters. The van der Waals surface area contributed by atoms with Gasteiger partial charge < -0.3 is 10.2 Å². The zero-order valence-corrected chi connectivity index (χ0v) is 14.9. The standard InChI is InChI=1S/C19H20ClFN2O2/c1-13(24)14-6-8-15(9-7-14)22-19(25)10-11-23(2)12-16-17(20)4-3-5-18(16)21/h3-9H,10-12H2,1-2H3,(H,22,25). The van der Waals surface area contributed by atoms with Crippen molar-refractivity contribution in [1.29, 1.82) is 0 Å². The van der Waals surface area contributed by atoms with E-state index in [2.05, 4.69) is 5.32 Å². The van der Waals surface area contributed by atoms with Crippen molar-refractivity contribution in [3.63, 3.8) is 0 Å². The maximum atomic E-state index is 13.8. The van der Waals surface area contributed by atoms with E-state index in [0.717, 1.165) is 0 Å². The molecule has 0 fully saturated rings. The van der Waals surface area contributed by atoms with Crippen molar-refractivity contribution in [2.45, 2.75) is 19.9 Å². The minimum atomic E-state index is -0.352. The van der Waals surface area contributed by atoms with Crippen LogP contribution in [0.3, 0.4) is 0 Å². The Labute approximate surface area is 151 Å². The highest BCUT2D eigenvalue weighted by Gasteiger charge is 2.11. The fourth-order valence-electron chi connectivity index (χ4n) is 2.34. The van der Waals surface area contributed by atoms with Gasteiger partial charge in [-0.2, -0.15) is 0 Å². The Kier molecular flexibility index (Phi) is 6.67. The second kappa shape index (κ2) is 8.74. The number of hydrogen-bond donors (Lipinski definition) is 1. The summed E-state index contributed by atoms with van der Waals surface area (Å²) in [4.78, 5) is 25.1. The molecule has 0 unspecified atom stereocenters. The van der Waals surface area contributed by atoms with Gasteiger partial charge in [0.1, 0.15) is 5.82 Å². The van der Waals surface area contributed by atoms with E-state index < -0.39 is 0 Å². The van der Waals surface area contributed by atoms with Gasteiger partial charge in [0.05, 0.1) is 0 Å². The number of carbonyl (C=O) groups is 2. The maximum Gasteiger partial charge on any atom is 0.225 e. The minimum absolute atomic E-state index is 0.0219. The zero-order valence-electron chi connectivity index (χ0n) is 14.2. The third kappa shape index (κ3) is 5.66. The molecule has 1 N–H and O–H groups in total. The molecule has 2 aromatic rings. The predicted octanol–water partition coefficient (Wildman–Crippen LogP) is 4.14. The molecule has 0 spiro atoms. The first-order chi connectivity index (χ1) is 11.9. The van der Waals surface area contributed by atoms with Crippen molar-refractivity contribution < 1.29 is 14.0 Å². The molecule has 0 saturated carbocycles. The number of carbonyl (C=O) groups excluding carboxylic acids is 2. The summed E-state index contributed by atoms with van der Waals surface area (Å²) in [6.07, 6.45) is 0.261. The number of anilines is 1. The minimum Gasteiger partial charge on any atom is -0.326 e. The van der Waals surface area contributed by atoms with Crippen LogP contribution < -0.4 is 5.32 Å². The zero-order chi connectivity index (χ0) is 18.4. The number of benzene rings is 2. The van der Waals surface area contributed by atoms with Crippen molar-refractivity contribution >= 4 is 29.0 Å². The molecule has 0 radical (unpaired) electrons. The lowest BCUT2D eigenvalue weighted by Gasteiger charge is -2.17. The van der Waals surface area contributed by atoms with Crippen LogP contribution in [-0.4, -0.2) is 30.2 Å². The highest BCUT2D eigenvalue weighted by Crippen LogP contribution is 2.20. The number of rotatable bonds is 7. The van der Waals surface area contributed by atoms with Gasteiger partial charge >= 0.3 is 0 Å². The third-order valence-corrected chi connectivity index (χ3v) is 4.14. The summed E-state index contributed by atoms with van der Waals surface area (Å²) >= 11 is 6.01. The summed E-state index contributed by atoms with van der Waals surface area (Å²) in [5, 5.41) is 3.15. The summed E-state index contributed by atoms with van der Waals surface area (Å²) in [7, 11) is 1.80. The quantitative estimate of drug-likeness (QED) is 0.753. The van der Waals surface area contributed by atoms with E-state index in [-0.39, 0.29) is 23.9 Å². The molecule has 0 heterocycles. The number of halogens is 2. The van der Waals surface area contributed by atoms with E-state index >= 15 is 0 Å². The molecule has 25 heavy (non-hydrogen) atoms. The smallest absolute Gasteiger partial charge is 0.225 e. The Morgan fingerprint density at radius 3 is 2.44 bits per heavy atom. The van der Waals surface area contributed by atoms with E-state index in [1.54, 1.807) is 43.4 Å². The van der Waals surface area contributed by atoms with Gasteiger partial charge in [-0.15, -0.1) is 0 Å². The van der Waals surface area contributed by atoms with Gasteiger partial charge in [0.25, 0.3) is 0 Å². The van der Waals surface area contributed by atoms with E-state index in [9.17, 15) is 14.0 Å². The van der Waals surface area contributed by atoms with Gasteiger partial charge in [0.2, 0.25) is 5.91 Å². The van der Waals surface area contributed by atoms with Crippen LogP contribution in [0.2, 0.25) is 5.02 Å². The Balaban J connectivity index is 1.84. The normalized spacial score (nSPS) is 10.8. The van der Waals surface area contributed by atoms with Crippen LogP contribution in [0.15, 0.2) is 42.5 Å². The highest BCUT2D eigenvalue weighted by atomic mass is 35.5. The van der Waals surface area contributed by atoms with E-state index in [1.807, 2.05) is 4.90 Å². The second-order valence-corrected chi connectivity index (χ2v) is 6.28. The lowest BCUT2D eigenvalue weighted by Crippen LogP contribution is -2.24. The molecular weight excluding hydrogens is 343 g/mol. The average molecular weight is 363 g/mol. The van der Waals surface area contributed by atoms with Crippen molar-refractivity contribution in [3.05, 3.63) is 64.4 Å². The first-order valence-corrected chi connectivity index (χ1v) is 8.27. The lowest BCUT2D eigenvalue weighted by atomic mass is 10.1. The number of nitrogens with zero attached hydrogens (tertiary/aromatic N) is 1. The van der Waals surface area contributed by atoms with Gasteiger partial charge in [0, 0.05) is 41.3 Å². The third-order valence-electron chi connectivity index (χ3n) is 3.79. The maximum absolute atomic E-state index is 13.8. The SMILES string of the molecule is CC(=O)c1ccc(NC(=O)CCN(C)Cc2c(F)cccc2Cl)cc1. The molecule has 0 aliphatic carbocycles. The summed E-state index contributed by atoms with van der Waals surface area (Å²) < 4.78 is 13.8. The highest BCUT2D eigenvalue weighted by molar-refractivity contribution is 6.31. The number of ketones is 1. The summed E-state index contributed by atoms with van der Waals surface area (Å²) in [5.41, 5.74) is 1.65. The number of nitrogens with one attached hydrogen (secondary N) is 1. The average Bonchev–Trinajstić information content (AvgIpc) is 2.57. The largest absolute Gasteiger partial charge is 0.326 e. The molecule has 6 heteroatoms. The monoisotopic (exact) mass is 362 g/mol. The molecule has 132 valence electrons. The molecule has 4 nitrogen and oxygen atoms in total. The Morgan fingerprint density at radius 2 is 1.84 bits per heavy atom. The van der Waals surface area contributed by atoms with Crippen LogP contribution in [0.25, 0.3) is 0 Å². The Morgan fingerprint density at radius 1 is 1.16 bits per heavy atom. The van der Waals surface area contributed by atoms with Gasteiger partial charge in [0.15, 0.2) is 5.78 Å². The second-order valence-electron chi connectivity index (χ2n) is 5.87. The number of hydrogen-bond acceptors (Lipinski definition) is 3. The number of amides is 1. The van der Waals surface area contributed by atoms with Crippen LogP contribution >= 0.6 is 11.6 Å². The van der Waals surface area contributed by atoms with Gasteiger partial charge in [-0.05, 0) is 50.4 Å². The first-order valence-electron chi connectivity index (χ1n) is 7.89. The Bertz CT molecular complexity index is 742. The van der Waals surface area contributed by atoms with Crippen molar-refractivity contribution in [3.8, 4) is 0 Å². The Hall–Kier alpha value is -2.24. The van der Waals surface area contributed by atoms with Crippen LogP contribution in [0.5, 0.6) is 0 Å². The molecule has 0 bridgehead atoms. The van der Waals surface area contributed by atoms with Crippen molar-refractivity contribution in [1.82, 2.24) is 4.90 Å². The molecule has 1 amide bonds. The fraction of sp³-hybridized carbons (Fsp3) is 0.263. The first kappa shape index (κ1) is 19.1. The van der Waals surface area contributed by atoms with Crippen LogP contribution in [-0.2, 0) is 11.3 Å². The van der Waals surface area contributed by atoms with Gasteiger partial charge in [-0.25, -0.2) is 4.39 Å². The molecular formula is C19H20ClFN2O2. The van der Waals surface area contributed by atoms with Crippen LogP contribution in [0.1, 0.15) is 29.3 Å². The summed E-state index contributed by atoms with van der Waals surface area (Å²) in [6.45, 7) is 2.28. The van der Waals surface area contributed by atoms with E-state index in [0.29, 0.717) is 34.9 Å². The molecule has 0 aliphatic heterocycles. The summed E-state index contributed by atoms with van der Waals surface area (Å²) in [6, 6.07) is 11.3. The van der Waals surface area contributed by atoms with Gasteiger partial charge in [-0.1, -0.05) is 17.7 Å². The van der Waals surface area contributed by atoms with Gasteiger partial charge in [-0.3, -0.25) is 9.59 Å². The molecule has 0 saturated heterocycles. The van der Waals surface area contributed by atoms with E-state index in [4.69, 9.17) is 11.6 Å². The number of Topliss-reactive ketones (excluding diaryl/α,β-unsaturated/α-hetero) is 1. The lowest BCUT2D eigenvalue weighted by molar-refractivity contribution is -0.116. The van der Waals surface area contributed by atoms with Crippen molar-refractivity contribution in [2.75, 3.05) is 18.9 Å². The summed E-state index contributed by atoms with van der Waals surface area (Å²) in [5.74, 6) is -0.525. The predicted molar refractivity (Wildman–Crippen MR) is 97.4 cm³/mol. The molecule has 0 aliphatic rings.